The SMILES string of the molecule is COC(=O)/C=C\C(=O)[O-].COC(=O)/C=C\C(=O)[O-].[Ca+2]. The quantitative estimate of drug-likeness (QED) is 0.297. The number of hydrogen-bond donors (Lipinski definition) is 0. The molecule has 0 spiro atoms. The molecule has 19 heavy (non-hydrogen) atoms. The van der Waals surface area contributed by atoms with E-state index in [9.17, 15) is 29.4 Å². The Bertz CT molecular complexity index is 336. The van der Waals surface area contributed by atoms with Crippen LogP contribution in [-0.2, 0) is 28.7 Å². The van der Waals surface area contributed by atoms with Crippen molar-refractivity contribution in [1.82, 2.24) is 0 Å². The molecule has 0 aliphatic carbocycles. The Morgan fingerprint density at radius 2 is 1.00 bits per heavy atom. The van der Waals surface area contributed by atoms with Crippen molar-refractivity contribution in [2.75, 3.05) is 14.2 Å². The van der Waals surface area contributed by atoms with Crippen molar-refractivity contribution in [2.24, 2.45) is 0 Å². The number of rotatable bonds is 4. The number of esters is 2. The van der Waals surface area contributed by atoms with E-state index < -0.39 is 23.9 Å². The topological polar surface area (TPSA) is 133 Å². The summed E-state index contributed by atoms with van der Waals surface area (Å²) in [6.07, 6.45) is 2.75. The van der Waals surface area contributed by atoms with Crippen LogP contribution in [0.15, 0.2) is 24.3 Å². The number of hydrogen-bond acceptors (Lipinski definition) is 8. The van der Waals surface area contributed by atoms with Crippen molar-refractivity contribution >= 4 is 61.6 Å². The third kappa shape index (κ3) is 22.3. The van der Waals surface area contributed by atoms with Crippen molar-refractivity contribution in [3.63, 3.8) is 0 Å². The van der Waals surface area contributed by atoms with E-state index in [-0.39, 0.29) is 37.7 Å². The Hall–Kier alpha value is -1.38. The van der Waals surface area contributed by atoms with Crippen LogP contribution in [0.5, 0.6) is 0 Å². The van der Waals surface area contributed by atoms with Gasteiger partial charge in [-0.15, -0.1) is 0 Å². The van der Waals surface area contributed by atoms with Crippen molar-refractivity contribution < 1.29 is 38.9 Å². The van der Waals surface area contributed by atoms with E-state index >= 15 is 0 Å². The third-order valence-electron chi connectivity index (χ3n) is 1.11. The van der Waals surface area contributed by atoms with Gasteiger partial charge in [0, 0.05) is 12.2 Å². The minimum absolute atomic E-state index is 0. The molecule has 0 bridgehead atoms. The van der Waals surface area contributed by atoms with Gasteiger partial charge < -0.3 is 29.3 Å². The zero-order chi connectivity index (χ0) is 14.6. The maximum absolute atomic E-state index is 10.1. The predicted octanol–water partition coefficient (Wildman–Crippen LogP) is -3.45. The molecule has 0 N–H and O–H groups in total. The molecular formula is C10H10CaO8. The number of carbonyl (C=O) groups excluding carboxylic acids is 4. The van der Waals surface area contributed by atoms with E-state index in [4.69, 9.17) is 0 Å². The average molecular weight is 298 g/mol. The second-order valence-corrected chi connectivity index (χ2v) is 2.35. The Morgan fingerprint density at radius 1 is 0.737 bits per heavy atom. The van der Waals surface area contributed by atoms with Crippen molar-refractivity contribution in [3.05, 3.63) is 24.3 Å². The van der Waals surface area contributed by atoms with Crippen LogP contribution < -0.4 is 10.2 Å². The summed E-state index contributed by atoms with van der Waals surface area (Å²) in [6.45, 7) is 0. The first-order chi connectivity index (χ1) is 8.33. The predicted molar refractivity (Wildman–Crippen MR) is 58.1 cm³/mol. The van der Waals surface area contributed by atoms with Gasteiger partial charge in [-0.2, -0.15) is 0 Å². The van der Waals surface area contributed by atoms with Gasteiger partial charge in [0.1, 0.15) is 0 Å². The Labute approximate surface area is 138 Å². The number of carbonyl (C=O) groups is 4. The molecule has 0 amide bonds. The molecule has 100 valence electrons. The molecule has 0 aromatic carbocycles. The summed E-state index contributed by atoms with van der Waals surface area (Å²) in [5.41, 5.74) is 0. The molecule has 0 atom stereocenters. The van der Waals surface area contributed by atoms with Gasteiger partial charge in [0.05, 0.1) is 26.2 Å². The average Bonchev–Trinajstić information content (AvgIpc) is 2.33. The van der Waals surface area contributed by atoms with Crippen LogP contribution in [0.1, 0.15) is 0 Å². The summed E-state index contributed by atoms with van der Waals surface area (Å²) < 4.78 is 8.17. The minimum atomic E-state index is -1.42. The van der Waals surface area contributed by atoms with Gasteiger partial charge in [-0.05, 0) is 12.2 Å². The second-order valence-electron chi connectivity index (χ2n) is 2.35. The number of methoxy groups -OCH3 is 2. The largest absolute Gasteiger partial charge is 2.00 e. The van der Waals surface area contributed by atoms with Crippen LogP contribution >= 0.6 is 0 Å². The molecule has 0 saturated carbocycles. The van der Waals surface area contributed by atoms with Gasteiger partial charge in [0.2, 0.25) is 0 Å². The molecule has 0 unspecified atom stereocenters. The summed E-state index contributed by atoms with van der Waals surface area (Å²) in [4.78, 5) is 39.5. The fourth-order valence-electron chi connectivity index (χ4n) is 0.408. The number of carboxylic acid groups (broad SMARTS) is 2. The molecule has 0 aromatic heterocycles. The molecule has 0 rings (SSSR count). The fraction of sp³-hybridized carbons (Fsp3) is 0.200. The summed E-state index contributed by atoms with van der Waals surface area (Å²) in [5, 5.41) is 19.2. The van der Waals surface area contributed by atoms with Crippen LogP contribution in [-0.4, -0.2) is 75.8 Å². The van der Waals surface area contributed by atoms with Gasteiger partial charge >= 0.3 is 49.7 Å². The Morgan fingerprint density at radius 3 is 1.16 bits per heavy atom. The molecule has 0 heterocycles. The van der Waals surface area contributed by atoms with E-state index in [1.165, 1.54) is 0 Å². The molecule has 0 aromatic rings. The number of carboxylic acids is 2. The van der Waals surface area contributed by atoms with E-state index in [1.807, 2.05) is 0 Å². The molecule has 0 aliphatic rings. The second kappa shape index (κ2) is 14.7. The van der Waals surface area contributed by atoms with Crippen LogP contribution in [0.2, 0.25) is 0 Å². The number of aliphatic carboxylic acids is 2. The molecular weight excluding hydrogens is 288 g/mol. The number of ether oxygens (including phenoxy) is 2. The van der Waals surface area contributed by atoms with Crippen molar-refractivity contribution in [3.8, 4) is 0 Å². The smallest absolute Gasteiger partial charge is 0.545 e. The van der Waals surface area contributed by atoms with Crippen LogP contribution in [0.25, 0.3) is 0 Å². The normalized spacial score (nSPS) is 8.95. The summed E-state index contributed by atoms with van der Waals surface area (Å²) in [5.74, 6) is -4.25. The van der Waals surface area contributed by atoms with Crippen LogP contribution in [0, 0.1) is 0 Å². The van der Waals surface area contributed by atoms with Gasteiger partial charge in [-0.3, -0.25) is 0 Å². The van der Waals surface area contributed by atoms with Gasteiger partial charge in [-0.1, -0.05) is 0 Å². The minimum Gasteiger partial charge on any atom is -0.545 e. The van der Waals surface area contributed by atoms with Gasteiger partial charge in [-0.25, -0.2) is 9.59 Å². The van der Waals surface area contributed by atoms with Gasteiger partial charge in [0.15, 0.2) is 0 Å². The maximum atomic E-state index is 10.1. The van der Waals surface area contributed by atoms with Crippen molar-refractivity contribution in [1.29, 1.82) is 0 Å². The Kier molecular flexibility index (Phi) is 17.6. The van der Waals surface area contributed by atoms with E-state index in [2.05, 4.69) is 9.47 Å². The first-order valence-electron chi connectivity index (χ1n) is 4.27. The Balaban J connectivity index is -0.000000256. The standard InChI is InChI=1S/2C5H6O4.Ca/c2*1-9-5(8)3-2-4(6)7;/h2*2-3H,1H3,(H,6,7);/q;;+2/p-2/b2*3-2-;. The molecule has 0 radical (unpaired) electrons. The summed E-state index contributed by atoms with van der Waals surface area (Å²) in [7, 11) is 2.31. The molecule has 0 aliphatic heterocycles. The molecule has 8 nitrogen and oxygen atoms in total. The third-order valence-corrected chi connectivity index (χ3v) is 1.11. The van der Waals surface area contributed by atoms with Crippen LogP contribution in [0.4, 0.5) is 0 Å². The summed E-state index contributed by atoms with van der Waals surface area (Å²) >= 11 is 0. The summed E-state index contributed by atoms with van der Waals surface area (Å²) in [6, 6.07) is 0. The zero-order valence-electron chi connectivity index (χ0n) is 10.3. The van der Waals surface area contributed by atoms with E-state index in [0.29, 0.717) is 12.2 Å². The first-order valence-corrected chi connectivity index (χ1v) is 4.27. The zero-order valence-corrected chi connectivity index (χ0v) is 12.5. The molecule has 0 fully saturated rings. The van der Waals surface area contributed by atoms with Crippen molar-refractivity contribution in [2.45, 2.75) is 0 Å². The maximum Gasteiger partial charge on any atom is 2.00 e. The fourth-order valence-corrected chi connectivity index (χ4v) is 0.408. The van der Waals surface area contributed by atoms with Gasteiger partial charge in [0.25, 0.3) is 0 Å². The molecule has 0 saturated heterocycles. The van der Waals surface area contributed by atoms with Crippen LogP contribution in [0.3, 0.4) is 0 Å². The molecule has 9 heteroatoms. The van der Waals surface area contributed by atoms with E-state index in [1.54, 1.807) is 0 Å². The monoisotopic (exact) mass is 298 g/mol. The van der Waals surface area contributed by atoms with E-state index in [0.717, 1.165) is 26.4 Å². The first kappa shape index (κ1) is 22.8.